The highest BCUT2D eigenvalue weighted by Crippen LogP contribution is 2.25. The fourth-order valence-electron chi connectivity index (χ4n) is 2.63. The van der Waals surface area contributed by atoms with Gasteiger partial charge in [-0.15, -0.1) is 0 Å². The molecule has 4 nitrogen and oxygen atoms in total. The number of benzene rings is 2. The van der Waals surface area contributed by atoms with Gasteiger partial charge in [0.2, 0.25) is 0 Å². The number of rotatable bonds is 4. The number of amides is 1. The Morgan fingerprint density at radius 3 is 1.85 bits per heavy atom. The lowest BCUT2D eigenvalue weighted by Crippen LogP contribution is -2.33. The Labute approximate surface area is 160 Å². The fourth-order valence-corrected chi connectivity index (χ4v) is 2.88. The summed E-state index contributed by atoms with van der Waals surface area (Å²) in [5.41, 5.74) is 2.01. The van der Waals surface area contributed by atoms with Crippen LogP contribution in [0.1, 0.15) is 33.2 Å². The largest absolute Gasteiger partial charge is 0.341 e. The minimum atomic E-state index is -0.457. The van der Waals surface area contributed by atoms with Gasteiger partial charge in [0.05, 0.1) is 6.04 Å². The van der Waals surface area contributed by atoms with E-state index in [-0.39, 0.29) is 5.56 Å². The van der Waals surface area contributed by atoms with Crippen LogP contribution in [-0.4, -0.2) is 10.9 Å². The third-order valence-electron chi connectivity index (χ3n) is 3.98. The van der Waals surface area contributed by atoms with Crippen molar-refractivity contribution in [2.45, 2.75) is 13.0 Å². The van der Waals surface area contributed by atoms with Gasteiger partial charge in [-0.25, -0.2) is 0 Å². The van der Waals surface area contributed by atoms with Crippen LogP contribution >= 0.6 is 23.2 Å². The molecule has 0 aliphatic heterocycles. The number of halogens is 2. The number of aryl methyl sites for hydroxylation is 1. The first-order valence-electron chi connectivity index (χ1n) is 7.96. The summed E-state index contributed by atoms with van der Waals surface area (Å²) in [6.45, 7) is 1.76. The van der Waals surface area contributed by atoms with Crippen LogP contribution in [-0.2, 0) is 0 Å². The maximum absolute atomic E-state index is 12.7. The Hall–Kier alpha value is -2.56. The summed E-state index contributed by atoms with van der Waals surface area (Å²) in [7, 11) is 0. The van der Waals surface area contributed by atoms with Crippen molar-refractivity contribution in [3.63, 3.8) is 0 Å². The average Bonchev–Trinajstić information content (AvgIpc) is 2.61. The topological polar surface area (TPSA) is 62.0 Å². The van der Waals surface area contributed by atoms with Crippen LogP contribution in [0.5, 0.6) is 0 Å². The predicted molar refractivity (Wildman–Crippen MR) is 104 cm³/mol. The molecule has 1 aromatic heterocycles. The molecule has 0 aliphatic rings. The molecule has 0 spiro atoms. The molecule has 2 aromatic carbocycles. The summed E-state index contributed by atoms with van der Waals surface area (Å²) in [6, 6.07) is 17.1. The molecular weight excluding hydrogens is 371 g/mol. The van der Waals surface area contributed by atoms with Crippen LogP contribution in [0.25, 0.3) is 0 Å². The maximum atomic E-state index is 12.7. The molecule has 3 rings (SSSR count). The third-order valence-corrected chi connectivity index (χ3v) is 4.49. The number of aromatic nitrogens is 1. The quantitative estimate of drug-likeness (QED) is 0.692. The van der Waals surface area contributed by atoms with Crippen LogP contribution in [0, 0.1) is 6.92 Å². The number of pyridine rings is 1. The van der Waals surface area contributed by atoms with Crippen LogP contribution < -0.4 is 10.9 Å². The van der Waals surface area contributed by atoms with Gasteiger partial charge in [-0.2, -0.15) is 0 Å². The van der Waals surface area contributed by atoms with Crippen molar-refractivity contribution >= 4 is 29.1 Å². The lowest BCUT2D eigenvalue weighted by molar-refractivity contribution is 0.0941. The van der Waals surface area contributed by atoms with Crippen LogP contribution in [0.3, 0.4) is 0 Å². The van der Waals surface area contributed by atoms with Crippen molar-refractivity contribution in [1.82, 2.24) is 10.3 Å². The van der Waals surface area contributed by atoms with Crippen molar-refractivity contribution in [1.29, 1.82) is 0 Å². The van der Waals surface area contributed by atoms with Crippen molar-refractivity contribution in [2.24, 2.45) is 0 Å². The summed E-state index contributed by atoms with van der Waals surface area (Å²) in [5, 5.41) is 4.12. The molecule has 2 N–H and O–H groups in total. The van der Waals surface area contributed by atoms with Crippen LogP contribution in [0.4, 0.5) is 0 Å². The highest BCUT2D eigenvalue weighted by molar-refractivity contribution is 6.30. The molecule has 3 aromatic rings. The molecule has 0 aliphatic carbocycles. The number of carbonyl (C=O) groups excluding carboxylic acids is 1. The lowest BCUT2D eigenvalue weighted by atomic mass is 9.98. The molecule has 1 heterocycles. The first kappa shape index (κ1) is 18.2. The number of hydrogen-bond donors (Lipinski definition) is 2. The van der Waals surface area contributed by atoms with Gasteiger partial charge in [0.1, 0.15) is 5.56 Å². The second-order valence-electron chi connectivity index (χ2n) is 5.89. The molecule has 0 radical (unpaired) electrons. The minimum Gasteiger partial charge on any atom is -0.341 e. The van der Waals surface area contributed by atoms with Gasteiger partial charge in [0.25, 0.3) is 11.5 Å². The minimum absolute atomic E-state index is 0.0588. The standard InChI is InChI=1S/C20H16Cl2N2O2/c1-12-2-11-17(19(25)23-12)20(26)24-18(13-3-7-15(21)8-4-13)14-5-9-16(22)10-6-14/h2-11,18H,1H3,(H,23,25)(H,24,26). The second kappa shape index (κ2) is 7.77. The lowest BCUT2D eigenvalue weighted by Gasteiger charge is -2.20. The highest BCUT2D eigenvalue weighted by Gasteiger charge is 2.19. The van der Waals surface area contributed by atoms with Crippen molar-refractivity contribution in [3.05, 3.63) is 103 Å². The molecule has 0 saturated carbocycles. The number of carbonyl (C=O) groups is 1. The van der Waals surface area contributed by atoms with Gasteiger partial charge in [0, 0.05) is 15.7 Å². The molecule has 0 unspecified atom stereocenters. The predicted octanol–water partition coefficient (Wildman–Crippen LogP) is 4.51. The van der Waals surface area contributed by atoms with E-state index in [9.17, 15) is 9.59 Å². The molecule has 0 bridgehead atoms. The average molecular weight is 387 g/mol. The number of hydrogen-bond acceptors (Lipinski definition) is 2. The summed E-state index contributed by atoms with van der Waals surface area (Å²) in [5.74, 6) is -0.457. The summed E-state index contributed by atoms with van der Waals surface area (Å²) >= 11 is 11.9. The van der Waals surface area contributed by atoms with Gasteiger partial charge < -0.3 is 10.3 Å². The van der Waals surface area contributed by atoms with E-state index in [2.05, 4.69) is 10.3 Å². The van der Waals surface area contributed by atoms with Gasteiger partial charge in [-0.05, 0) is 54.4 Å². The SMILES string of the molecule is Cc1ccc(C(=O)NC(c2ccc(Cl)cc2)c2ccc(Cl)cc2)c(=O)[nH]1. The van der Waals surface area contributed by atoms with Gasteiger partial charge in [-0.1, -0.05) is 47.5 Å². The number of nitrogens with one attached hydrogen (secondary N) is 2. The Morgan fingerprint density at radius 2 is 1.38 bits per heavy atom. The van der Waals surface area contributed by atoms with Crippen molar-refractivity contribution < 1.29 is 4.79 Å². The summed E-state index contributed by atoms with van der Waals surface area (Å²) in [6.07, 6.45) is 0. The molecule has 0 fully saturated rings. The normalized spacial score (nSPS) is 10.8. The van der Waals surface area contributed by atoms with E-state index < -0.39 is 17.5 Å². The summed E-state index contributed by atoms with van der Waals surface area (Å²) in [4.78, 5) is 27.4. The molecule has 132 valence electrons. The highest BCUT2D eigenvalue weighted by atomic mass is 35.5. The Balaban J connectivity index is 1.97. The smallest absolute Gasteiger partial charge is 0.260 e. The molecule has 0 saturated heterocycles. The Kier molecular flexibility index (Phi) is 5.45. The van der Waals surface area contributed by atoms with E-state index in [4.69, 9.17) is 23.2 Å². The van der Waals surface area contributed by atoms with Crippen LogP contribution in [0.2, 0.25) is 10.0 Å². The first-order chi connectivity index (χ1) is 12.4. The van der Waals surface area contributed by atoms with E-state index >= 15 is 0 Å². The zero-order valence-electron chi connectivity index (χ0n) is 13.9. The van der Waals surface area contributed by atoms with Gasteiger partial charge in [0.15, 0.2) is 0 Å². The molecule has 1 amide bonds. The Bertz CT molecular complexity index is 934. The van der Waals surface area contributed by atoms with Crippen molar-refractivity contribution in [3.8, 4) is 0 Å². The van der Waals surface area contributed by atoms with E-state index in [1.165, 1.54) is 6.07 Å². The van der Waals surface area contributed by atoms with Gasteiger partial charge in [-0.3, -0.25) is 9.59 Å². The van der Waals surface area contributed by atoms with Gasteiger partial charge >= 0.3 is 0 Å². The fraction of sp³-hybridized carbons (Fsp3) is 0.100. The molecule has 6 heteroatoms. The van der Waals surface area contributed by atoms with Crippen molar-refractivity contribution in [2.75, 3.05) is 0 Å². The summed E-state index contributed by atoms with van der Waals surface area (Å²) < 4.78 is 0. The van der Waals surface area contributed by atoms with Crippen LogP contribution in [0.15, 0.2) is 65.5 Å². The number of aromatic amines is 1. The zero-order chi connectivity index (χ0) is 18.7. The van der Waals surface area contributed by atoms with E-state index in [1.807, 2.05) is 24.3 Å². The van der Waals surface area contributed by atoms with E-state index in [0.29, 0.717) is 15.7 Å². The Morgan fingerprint density at radius 1 is 0.885 bits per heavy atom. The molecule has 26 heavy (non-hydrogen) atoms. The second-order valence-corrected chi connectivity index (χ2v) is 6.77. The number of H-pyrrole nitrogens is 1. The molecular formula is C20H16Cl2N2O2. The zero-order valence-corrected chi connectivity index (χ0v) is 15.4. The first-order valence-corrected chi connectivity index (χ1v) is 8.71. The third kappa shape index (κ3) is 4.15. The van der Waals surface area contributed by atoms with E-state index in [1.54, 1.807) is 37.3 Å². The van der Waals surface area contributed by atoms with E-state index in [0.717, 1.165) is 11.1 Å². The maximum Gasteiger partial charge on any atom is 0.260 e. The molecule has 0 atom stereocenters. The monoisotopic (exact) mass is 386 g/mol.